The van der Waals surface area contributed by atoms with Crippen molar-refractivity contribution in [1.82, 2.24) is 15.1 Å². The van der Waals surface area contributed by atoms with E-state index in [1.165, 1.54) is 4.90 Å². The quantitative estimate of drug-likeness (QED) is 0.0289. The van der Waals surface area contributed by atoms with E-state index in [0.29, 0.717) is 23.1 Å². The summed E-state index contributed by atoms with van der Waals surface area (Å²) in [5.74, 6) is -8.68. The number of methoxy groups -OCH3 is 1. The fraction of sp³-hybridized carbons (Fsp3) is 0.677. The minimum atomic E-state index is -1.94. The molecule has 1 fully saturated rings. The van der Waals surface area contributed by atoms with Crippen LogP contribution in [0.25, 0.3) is 0 Å². The van der Waals surface area contributed by atoms with Crippen LogP contribution in [0, 0.1) is 5.92 Å². The highest BCUT2D eigenvalue weighted by molar-refractivity contribution is 8.04. The predicted molar refractivity (Wildman–Crippen MR) is 185 cm³/mol. The molecule has 0 saturated carbocycles. The number of nitrogens with two attached hydrogens (primary N) is 5. The highest BCUT2D eigenvalue weighted by Crippen LogP contribution is 2.47. The average Bonchev–Trinajstić information content (AvgIpc) is 3.09. The van der Waals surface area contributed by atoms with Crippen molar-refractivity contribution in [1.29, 1.82) is 0 Å². The number of carboxylic acids is 2. The van der Waals surface area contributed by atoms with Crippen molar-refractivity contribution in [2.24, 2.45) is 34.6 Å². The Bertz CT molecular complexity index is 1460. The molecule has 1 saturated heterocycles. The Morgan fingerprint density at radius 1 is 1.02 bits per heavy atom. The number of primary amides is 1. The van der Waals surface area contributed by atoms with E-state index < -0.39 is 114 Å². The molecular weight excluding hydrogens is 724 g/mol. The first-order chi connectivity index (χ1) is 24.7. The topological polar surface area (TPSA) is 364 Å². The van der Waals surface area contributed by atoms with Crippen LogP contribution in [0.5, 0.6) is 0 Å². The fourth-order valence-corrected chi connectivity index (χ4v) is 6.89. The van der Waals surface area contributed by atoms with Crippen molar-refractivity contribution in [2.45, 2.75) is 100 Å². The number of rotatable bonds is 22. The number of carbonyl (C=O) groups is 8. The van der Waals surface area contributed by atoms with Gasteiger partial charge in [-0.2, -0.15) is 0 Å². The van der Waals surface area contributed by atoms with Gasteiger partial charge in [0.2, 0.25) is 23.6 Å². The van der Waals surface area contributed by atoms with Crippen molar-refractivity contribution in [2.75, 3.05) is 26.8 Å². The molecule has 0 aromatic rings. The minimum Gasteiger partial charge on any atom is -0.480 e. The van der Waals surface area contributed by atoms with Crippen LogP contribution in [0.2, 0.25) is 0 Å². The van der Waals surface area contributed by atoms with Gasteiger partial charge in [0.1, 0.15) is 18.0 Å². The molecule has 0 aromatic heterocycles. The van der Waals surface area contributed by atoms with E-state index >= 15 is 0 Å². The van der Waals surface area contributed by atoms with E-state index in [1.54, 1.807) is 13.8 Å². The summed E-state index contributed by atoms with van der Waals surface area (Å²) < 4.78 is 10.6. The van der Waals surface area contributed by atoms with Gasteiger partial charge >= 0.3 is 17.9 Å². The van der Waals surface area contributed by atoms with Gasteiger partial charge in [-0.05, 0) is 38.1 Å². The number of amides is 5. The Labute approximate surface area is 309 Å². The molecule has 0 aromatic carbocycles. The highest BCUT2D eigenvalue weighted by Gasteiger charge is 2.65. The zero-order chi connectivity index (χ0) is 40.4. The van der Waals surface area contributed by atoms with Crippen LogP contribution in [-0.2, 0) is 47.8 Å². The summed E-state index contributed by atoms with van der Waals surface area (Å²) in [7, 11) is 1.14. The molecular formula is C31H50N8O13S. The number of β-lactam (4-membered cyclic amide) rings is 1. The molecule has 0 spiro atoms. The van der Waals surface area contributed by atoms with Crippen molar-refractivity contribution in [3.05, 3.63) is 10.5 Å². The van der Waals surface area contributed by atoms with Gasteiger partial charge in [-0.1, -0.05) is 25.6 Å². The molecule has 2 aliphatic heterocycles. The van der Waals surface area contributed by atoms with Crippen molar-refractivity contribution < 1.29 is 63.1 Å². The van der Waals surface area contributed by atoms with Crippen LogP contribution in [0.4, 0.5) is 0 Å². The first-order valence-corrected chi connectivity index (χ1v) is 17.6. The number of aliphatic hydroxyl groups excluding tert-OH is 1. The summed E-state index contributed by atoms with van der Waals surface area (Å²) in [6.45, 7) is 2.37. The monoisotopic (exact) mass is 774 g/mol. The molecule has 2 heterocycles. The number of hydrogen-bond donors (Lipinski definition) is 9. The van der Waals surface area contributed by atoms with Gasteiger partial charge in [0.25, 0.3) is 11.6 Å². The number of nitrogens with one attached hydrogen (secondary N) is 1. The third-order valence-electron chi connectivity index (χ3n) is 8.68. The lowest BCUT2D eigenvalue weighted by atomic mass is 9.96. The zero-order valence-corrected chi connectivity index (χ0v) is 30.5. The Morgan fingerprint density at radius 3 is 2.17 bits per heavy atom. The van der Waals surface area contributed by atoms with Crippen molar-refractivity contribution in [3.8, 4) is 0 Å². The van der Waals surface area contributed by atoms with Gasteiger partial charge in [-0.3, -0.25) is 38.5 Å². The molecule has 0 aliphatic carbocycles. The largest absolute Gasteiger partial charge is 0.480 e. The van der Waals surface area contributed by atoms with Crippen LogP contribution >= 0.6 is 11.8 Å². The third kappa shape index (κ3) is 11.2. The highest BCUT2D eigenvalue weighted by atomic mass is 32.2. The minimum absolute atomic E-state index is 0.0119. The summed E-state index contributed by atoms with van der Waals surface area (Å²) in [5.41, 5.74) is 26.4. The number of ether oxygens (including phenoxy) is 2. The van der Waals surface area contributed by atoms with Crippen LogP contribution in [0.1, 0.15) is 58.8 Å². The first kappa shape index (κ1) is 45.0. The maximum atomic E-state index is 13.4. The van der Waals surface area contributed by atoms with Gasteiger partial charge in [-0.15, -0.1) is 0 Å². The smallest absolute Gasteiger partial charge is 0.342 e. The molecule has 0 radical (unpaired) electrons. The number of aliphatic carboxylic acids is 2. The van der Waals surface area contributed by atoms with Crippen LogP contribution < -0.4 is 34.0 Å². The van der Waals surface area contributed by atoms with Crippen LogP contribution in [0.3, 0.4) is 0 Å². The predicted octanol–water partition coefficient (Wildman–Crippen LogP) is -3.78. The van der Waals surface area contributed by atoms with Crippen LogP contribution in [0.15, 0.2) is 10.5 Å². The van der Waals surface area contributed by atoms with E-state index in [-0.39, 0.29) is 49.3 Å². The molecule has 7 atom stereocenters. The second kappa shape index (κ2) is 19.8. The summed E-state index contributed by atoms with van der Waals surface area (Å²) in [6.07, 6.45) is -3.33. The molecule has 22 heteroatoms. The number of thioether (sulfide) groups is 1. The SMILES string of the molecule is CO[C@@]1(NC(=O)CCC[C@@H](N)C(=O)O)C(=O)N2CC(COC(=O)CC(O)C(CC(N)=O)N(C(=O)[C@@H](N)C(C)C)C(=O)[C@@H](N)CCCN)=C(C(=O)O)S[C@H]21. The molecule has 14 N–H and O–H groups in total. The summed E-state index contributed by atoms with van der Waals surface area (Å²) in [5, 5.41) is 31.4. The molecule has 2 aliphatic rings. The molecule has 0 bridgehead atoms. The van der Waals surface area contributed by atoms with Crippen molar-refractivity contribution >= 4 is 59.2 Å². The standard InChI is InChI=1S/C31H50N8O13S/c1-14(2)23(36)26(45)39(25(44)16(33)7-5-9-32)18(10-20(35)41)19(40)11-22(43)52-13-15-12-38-29(50)31(51-3,30(38)53-24(15)28(48)49)37-21(42)8-4-6-17(34)27(46)47/h14,16-19,23,30,40H,4-13,32-34,36H2,1-3H3,(H2,35,41)(H,37,42)(H,46,47)(H,48,49)/t16-,17+,18?,19?,23-,30-,31-/m0/s1. The number of aliphatic hydroxyl groups is 1. The lowest BCUT2D eigenvalue weighted by Gasteiger charge is -2.55. The van der Waals surface area contributed by atoms with Crippen molar-refractivity contribution in [3.63, 3.8) is 0 Å². The molecule has 2 rings (SSSR count). The first-order valence-electron chi connectivity index (χ1n) is 16.7. The molecule has 53 heavy (non-hydrogen) atoms. The van der Waals surface area contributed by atoms with E-state index in [4.69, 9.17) is 43.2 Å². The number of esters is 1. The van der Waals surface area contributed by atoms with E-state index in [2.05, 4.69) is 5.32 Å². The number of carbonyl (C=O) groups excluding carboxylic acids is 6. The average molecular weight is 775 g/mol. The third-order valence-corrected chi connectivity index (χ3v) is 10.2. The number of imide groups is 1. The Hall–Kier alpha value is -4.19. The molecule has 2 unspecified atom stereocenters. The van der Waals surface area contributed by atoms with Gasteiger partial charge in [0, 0.05) is 32.1 Å². The maximum Gasteiger partial charge on any atom is 0.342 e. The number of fused-ring (bicyclic) bond motifs is 1. The van der Waals surface area contributed by atoms with E-state index in [0.717, 1.165) is 7.11 Å². The van der Waals surface area contributed by atoms with Gasteiger partial charge in [-0.25, -0.2) is 4.79 Å². The molecule has 298 valence electrons. The van der Waals surface area contributed by atoms with E-state index in [1.807, 2.05) is 0 Å². The normalized spacial score (nSPS) is 21.0. The fourth-order valence-electron chi connectivity index (χ4n) is 5.56. The summed E-state index contributed by atoms with van der Waals surface area (Å²) in [6, 6.07) is -5.40. The second-order valence-electron chi connectivity index (χ2n) is 13.0. The Morgan fingerprint density at radius 2 is 1.64 bits per heavy atom. The lowest BCUT2D eigenvalue weighted by molar-refractivity contribution is -0.194. The summed E-state index contributed by atoms with van der Waals surface area (Å²) in [4.78, 5) is 102. The number of hydrogen-bond acceptors (Lipinski definition) is 16. The lowest BCUT2D eigenvalue weighted by Crippen LogP contribution is -2.80. The summed E-state index contributed by atoms with van der Waals surface area (Å²) >= 11 is 0.651. The van der Waals surface area contributed by atoms with Gasteiger partial charge in [0.15, 0.2) is 0 Å². The zero-order valence-electron chi connectivity index (χ0n) is 29.7. The van der Waals surface area contributed by atoms with Gasteiger partial charge in [0.05, 0.1) is 35.6 Å². The number of carboxylic acid groups (broad SMARTS) is 2. The second-order valence-corrected chi connectivity index (χ2v) is 14.1. The van der Waals surface area contributed by atoms with E-state index in [9.17, 15) is 48.6 Å². The maximum absolute atomic E-state index is 13.4. The van der Waals surface area contributed by atoms with Crippen LogP contribution in [-0.4, -0.2) is 141 Å². The Kier molecular flexibility index (Phi) is 16.8. The Balaban J connectivity index is 2.23. The van der Waals surface area contributed by atoms with Gasteiger partial charge < -0.3 is 63.7 Å². The molecule has 21 nitrogen and oxygen atoms in total. The molecule has 5 amide bonds. The number of nitrogens with zero attached hydrogens (tertiary/aromatic N) is 2.